The second kappa shape index (κ2) is 5.87. The van der Waals surface area contributed by atoms with Crippen molar-refractivity contribution in [1.82, 2.24) is 9.55 Å². The van der Waals surface area contributed by atoms with E-state index in [1.54, 1.807) is 12.1 Å². The Kier molecular flexibility index (Phi) is 4.19. The number of anilines is 2. The Bertz CT molecular complexity index is 712. The van der Waals surface area contributed by atoms with Crippen molar-refractivity contribution in [3.05, 3.63) is 51.0 Å². The lowest BCUT2D eigenvalue weighted by Gasteiger charge is -2.08. The zero-order chi connectivity index (χ0) is 14.7. The molecule has 104 valence electrons. The zero-order valence-corrected chi connectivity index (χ0v) is 12.3. The van der Waals surface area contributed by atoms with Crippen LogP contribution in [0.25, 0.3) is 0 Å². The van der Waals surface area contributed by atoms with E-state index in [9.17, 15) is 9.59 Å². The van der Waals surface area contributed by atoms with Crippen molar-refractivity contribution in [1.29, 1.82) is 0 Å². The molecule has 7 heteroatoms. The Labute approximate surface area is 123 Å². The van der Waals surface area contributed by atoms with E-state index in [1.165, 1.54) is 22.9 Å². The monoisotopic (exact) mass is 336 g/mol. The molecule has 6 nitrogen and oxygen atoms in total. The Morgan fingerprint density at radius 2 is 2.15 bits per heavy atom. The first-order chi connectivity index (χ1) is 9.45. The summed E-state index contributed by atoms with van der Waals surface area (Å²) in [7, 11) is 0. The van der Waals surface area contributed by atoms with Crippen molar-refractivity contribution < 1.29 is 4.79 Å². The molecule has 2 rings (SSSR count). The van der Waals surface area contributed by atoms with E-state index in [4.69, 9.17) is 5.73 Å². The average molecular weight is 337 g/mol. The molecule has 0 bridgehead atoms. The second-order valence-corrected chi connectivity index (χ2v) is 5.09. The van der Waals surface area contributed by atoms with Gasteiger partial charge in [0.15, 0.2) is 0 Å². The number of nitrogens with two attached hydrogens (primary N) is 1. The number of aryl methyl sites for hydroxylation is 1. The molecule has 0 fully saturated rings. The summed E-state index contributed by atoms with van der Waals surface area (Å²) in [6.45, 7) is 1.71. The fourth-order valence-corrected chi connectivity index (χ4v) is 1.84. The van der Waals surface area contributed by atoms with Gasteiger partial charge in [-0.2, -0.15) is 0 Å². The number of pyridine rings is 2. The molecule has 20 heavy (non-hydrogen) atoms. The summed E-state index contributed by atoms with van der Waals surface area (Å²) in [6.07, 6.45) is 1.43. The van der Waals surface area contributed by atoms with Crippen LogP contribution in [0.4, 0.5) is 11.5 Å². The fraction of sp³-hybridized carbons (Fsp3) is 0.154. The molecular weight excluding hydrogens is 324 g/mol. The van der Waals surface area contributed by atoms with Gasteiger partial charge < -0.3 is 15.6 Å². The largest absolute Gasteiger partial charge is 0.398 e. The molecule has 2 aromatic heterocycles. The van der Waals surface area contributed by atoms with Crippen molar-refractivity contribution in [2.24, 2.45) is 0 Å². The van der Waals surface area contributed by atoms with Gasteiger partial charge in [0.05, 0.1) is 5.69 Å². The molecule has 0 aliphatic rings. The molecule has 0 spiro atoms. The summed E-state index contributed by atoms with van der Waals surface area (Å²) in [5, 5.41) is 2.63. The number of hydrogen-bond donors (Lipinski definition) is 2. The van der Waals surface area contributed by atoms with Gasteiger partial charge in [-0.25, -0.2) is 4.98 Å². The lowest BCUT2D eigenvalue weighted by molar-refractivity contribution is -0.116. The maximum absolute atomic E-state index is 11.9. The number of aromatic nitrogens is 2. The van der Waals surface area contributed by atoms with Gasteiger partial charge in [0, 0.05) is 22.4 Å². The highest BCUT2D eigenvalue weighted by Gasteiger charge is 2.07. The van der Waals surface area contributed by atoms with Crippen LogP contribution in [0.3, 0.4) is 0 Å². The number of halogens is 1. The van der Waals surface area contributed by atoms with E-state index in [0.717, 1.165) is 10.2 Å². The number of carbonyl (C=O) groups excluding carboxylic acids is 1. The van der Waals surface area contributed by atoms with Crippen LogP contribution >= 0.6 is 15.9 Å². The summed E-state index contributed by atoms with van der Waals surface area (Å²) < 4.78 is 2.11. The van der Waals surface area contributed by atoms with E-state index in [0.29, 0.717) is 11.5 Å². The Morgan fingerprint density at radius 1 is 1.40 bits per heavy atom. The fourth-order valence-electron chi connectivity index (χ4n) is 1.62. The van der Waals surface area contributed by atoms with Crippen LogP contribution in [0.1, 0.15) is 5.69 Å². The average Bonchev–Trinajstić information content (AvgIpc) is 2.38. The lowest BCUT2D eigenvalue weighted by atomic mass is 10.3. The standard InChI is InChI=1S/C13H13BrN4O2/c1-8-10(14)3-4-11(16-8)17-12(19)7-18-6-9(15)2-5-13(18)20/h2-6H,7,15H2,1H3,(H,16,17,19). The Hall–Kier alpha value is -2.15. The summed E-state index contributed by atoms with van der Waals surface area (Å²) in [6, 6.07) is 6.29. The topological polar surface area (TPSA) is 90.0 Å². The van der Waals surface area contributed by atoms with E-state index in [-0.39, 0.29) is 18.0 Å². The van der Waals surface area contributed by atoms with Crippen molar-refractivity contribution in [2.75, 3.05) is 11.1 Å². The van der Waals surface area contributed by atoms with Crippen LogP contribution in [-0.4, -0.2) is 15.5 Å². The predicted octanol–water partition coefficient (Wildman–Crippen LogP) is 1.54. The summed E-state index contributed by atoms with van der Waals surface area (Å²) >= 11 is 3.33. The maximum atomic E-state index is 11.9. The van der Waals surface area contributed by atoms with Crippen LogP contribution in [0.2, 0.25) is 0 Å². The smallest absolute Gasteiger partial charge is 0.251 e. The van der Waals surface area contributed by atoms with E-state index >= 15 is 0 Å². The normalized spacial score (nSPS) is 10.3. The number of nitrogens with one attached hydrogen (secondary N) is 1. The molecule has 2 aromatic rings. The third-order valence-corrected chi connectivity index (χ3v) is 3.45. The highest BCUT2D eigenvalue weighted by Crippen LogP contribution is 2.16. The van der Waals surface area contributed by atoms with Gasteiger partial charge in [0.1, 0.15) is 12.4 Å². The number of hydrogen-bond acceptors (Lipinski definition) is 4. The highest BCUT2D eigenvalue weighted by molar-refractivity contribution is 9.10. The minimum absolute atomic E-state index is 0.110. The van der Waals surface area contributed by atoms with Gasteiger partial charge in [0.25, 0.3) is 5.56 Å². The second-order valence-electron chi connectivity index (χ2n) is 4.24. The number of amides is 1. The van der Waals surface area contributed by atoms with Gasteiger partial charge in [-0.1, -0.05) is 0 Å². The minimum atomic E-state index is -0.341. The minimum Gasteiger partial charge on any atom is -0.398 e. The zero-order valence-electron chi connectivity index (χ0n) is 10.8. The molecule has 0 saturated carbocycles. The molecule has 0 atom stereocenters. The van der Waals surface area contributed by atoms with Crippen LogP contribution in [-0.2, 0) is 11.3 Å². The van der Waals surface area contributed by atoms with Crippen LogP contribution in [0.15, 0.2) is 39.7 Å². The SMILES string of the molecule is Cc1nc(NC(=O)Cn2cc(N)ccc2=O)ccc1Br. The Morgan fingerprint density at radius 3 is 2.85 bits per heavy atom. The van der Waals surface area contributed by atoms with Crippen molar-refractivity contribution in [2.45, 2.75) is 13.5 Å². The number of carbonyl (C=O) groups is 1. The van der Waals surface area contributed by atoms with Crippen molar-refractivity contribution in [3.8, 4) is 0 Å². The van der Waals surface area contributed by atoms with Crippen LogP contribution in [0, 0.1) is 6.92 Å². The van der Waals surface area contributed by atoms with E-state index in [2.05, 4.69) is 26.2 Å². The number of nitrogen functional groups attached to an aromatic ring is 1. The number of nitrogens with zero attached hydrogens (tertiary/aromatic N) is 2. The summed E-state index contributed by atoms with van der Waals surface area (Å²) in [4.78, 5) is 27.6. The molecule has 0 aliphatic heterocycles. The third kappa shape index (κ3) is 3.45. The first kappa shape index (κ1) is 14.3. The molecule has 0 aromatic carbocycles. The van der Waals surface area contributed by atoms with Crippen molar-refractivity contribution in [3.63, 3.8) is 0 Å². The molecule has 3 N–H and O–H groups in total. The summed E-state index contributed by atoms with van der Waals surface area (Å²) in [5.41, 5.74) is 6.49. The van der Waals surface area contributed by atoms with Crippen LogP contribution in [0.5, 0.6) is 0 Å². The van der Waals surface area contributed by atoms with Gasteiger partial charge >= 0.3 is 0 Å². The quantitative estimate of drug-likeness (QED) is 0.889. The first-order valence-electron chi connectivity index (χ1n) is 5.84. The molecule has 0 aliphatic carbocycles. The summed E-state index contributed by atoms with van der Waals surface area (Å²) in [5.74, 6) is 0.0968. The molecular formula is C13H13BrN4O2. The molecule has 0 radical (unpaired) electrons. The highest BCUT2D eigenvalue weighted by atomic mass is 79.9. The van der Waals surface area contributed by atoms with Crippen LogP contribution < -0.4 is 16.6 Å². The molecule has 0 unspecified atom stereocenters. The lowest BCUT2D eigenvalue weighted by Crippen LogP contribution is -2.27. The van der Waals surface area contributed by atoms with Gasteiger partial charge in [-0.3, -0.25) is 9.59 Å². The first-order valence-corrected chi connectivity index (χ1v) is 6.64. The number of rotatable bonds is 3. The predicted molar refractivity (Wildman–Crippen MR) is 80.4 cm³/mol. The van der Waals surface area contributed by atoms with Gasteiger partial charge in [0.2, 0.25) is 5.91 Å². The van der Waals surface area contributed by atoms with Gasteiger partial charge in [-0.05, 0) is 41.1 Å². The van der Waals surface area contributed by atoms with Gasteiger partial charge in [-0.15, -0.1) is 0 Å². The molecule has 0 saturated heterocycles. The molecule has 1 amide bonds. The van der Waals surface area contributed by atoms with Crippen molar-refractivity contribution >= 4 is 33.3 Å². The van der Waals surface area contributed by atoms with E-state index in [1.807, 2.05) is 6.92 Å². The third-order valence-electron chi connectivity index (χ3n) is 2.61. The Balaban J connectivity index is 2.11. The molecule has 2 heterocycles. The maximum Gasteiger partial charge on any atom is 0.251 e. The van der Waals surface area contributed by atoms with E-state index < -0.39 is 0 Å².